The van der Waals surface area contributed by atoms with Gasteiger partial charge in [-0.3, -0.25) is 9.97 Å². The Morgan fingerprint density at radius 1 is 0.420 bits per heavy atom. The van der Waals surface area contributed by atoms with Crippen molar-refractivity contribution in [2.45, 2.75) is 13.1 Å². The normalized spacial score (nSPS) is 11.8. The van der Waals surface area contributed by atoms with Crippen LogP contribution >= 0.6 is 0 Å². The highest BCUT2D eigenvalue weighted by Gasteiger charge is 2.36. The number of nitrogens with zero attached hydrogens (tertiary/aromatic N) is 5. The van der Waals surface area contributed by atoms with Gasteiger partial charge in [0.2, 0.25) is 0 Å². The second-order valence-corrected chi connectivity index (χ2v) is 17.3. The van der Waals surface area contributed by atoms with E-state index in [1.54, 1.807) is 37.5 Å². The standard InChI is InChI=1S/C61H38F3N5/c1-38-13-12-20-50(61(62,63)64)59(38)60-57(68-53-21-10-8-18-46(53)48-25-23-42(35-55(48)68)44-27-29-66-51(33-44)40-14-4-2-5-15-40)31-39(37-65)32-58(60)69-54-22-11-9-19-47(54)49-26-24-43(36-56(49)69)45-28-30-67-52(34-45)41-16-6-3-7-17-41/h2-36H,1H3. The Morgan fingerprint density at radius 2 is 0.870 bits per heavy atom. The maximum atomic E-state index is 15.7. The van der Waals surface area contributed by atoms with E-state index in [0.29, 0.717) is 28.1 Å². The zero-order chi connectivity index (χ0) is 46.8. The van der Waals surface area contributed by atoms with E-state index in [0.717, 1.165) is 94.4 Å². The topological polar surface area (TPSA) is 59.4 Å². The van der Waals surface area contributed by atoms with Crippen molar-refractivity contribution < 1.29 is 13.2 Å². The van der Waals surface area contributed by atoms with Crippen LogP contribution in [0.1, 0.15) is 16.7 Å². The molecule has 0 fully saturated rings. The van der Waals surface area contributed by atoms with Gasteiger partial charge in [0.1, 0.15) is 0 Å². The molecular weight excluding hydrogens is 860 g/mol. The first-order valence-electron chi connectivity index (χ1n) is 22.6. The molecule has 4 heterocycles. The summed E-state index contributed by atoms with van der Waals surface area (Å²) in [7, 11) is 0. The first-order valence-corrected chi connectivity index (χ1v) is 22.6. The zero-order valence-electron chi connectivity index (χ0n) is 37.1. The largest absolute Gasteiger partial charge is 0.417 e. The molecule has 8 heteroatoms. The number of halogens is 3. The average molecular weight is 898 g/mol. The number of hydrogen-bond donors (Lipinski definition) is 0. The van der Waals surface area contributed by atoms with Gasteiger partial charge in [0.05, 0.1) is 62.0 Å². The second kappa shape index (κ2) is 16.4. The molecule has 0 spiro atoms. The van der Waals surface area contributed by atoms with Gasteiger partial charge in [-0.1, -0.05) is 133 Å². The van der Waals surface area contributed by atoms with Crippen molar-refractivity contribution in [1.82, 2.24) is 19.1 Å². The number of rotatable bonds is 7. The van der Waals surface area contributed by atoms with Gasteiger partial charge in [-0.2, -0.15) is 18.4 Å². The van der Waals surface area contributed by atoms with Crippen molar-refractivity contribution in [3.63, 3.8) is 0 Å². The minimum Gasteiger partial charge on any atom is -0.308 e. The van der Waals surface area contributed by atoms with Gasteiger partial charge < -0.3 is 9.13 Å². The van der Waals surface area contributed by atoms with Crippen LogP contribution in [0.3, 0.4) is 0 Å². The summed E-state index contributed by atoms with van der Waals surface area (Å²) >= 11 is 0. The number of benzene rings is 8. The molecule has 4 aromatic heterocycles. The summed E-state index contributed by atoms with van der Waals surface area (Å²) in [5.74, 6) is 0. The number of hydrogen-bond acceptors (Lipinski definition) is 3. The van der Waals surface area contributed by atoms with E-state index >= 15 is 13.2 Å². The molecule has 5 nitrogen and oxygen atoms in total. The first-order chi connectivity index (χ1) is 33.7. The van der Waals surface area contributed by atoms with E-state index in [4.69, 9.17) is 0 Å². The van der Waals surface area contributed by atoms with Crippen LogP contribution in [-0.2, 0) is 6.18 Å². The van der Waals surface area contributed by atoms with Gasteiger partial charge >= 0.3 is 6.18 Å². The van der Waals surface area contributed by atoms with Gasteiger partial charge in [0.25, 0.3) is 0 Å². The van der Waals surface area contributed by atoms with Gasteiger partial charge in [0.15, 0.2) is 0 Å². The Hall–Kier alpha value is -9.06. The van der Waals surface area contributed by atoms with Gasteiger partial charge in [-0.05, 0) is 101 Å². The van der Waals surface area contributed by atoms with Gasteiger partial charge in [0, 0.05) is 56.2 Å². The highest BCUT2D eigenvalue weighted by Crippen LogP contribution is 2.48. The first kappa shape index (κ1) is 41.4. The van der Waals surface area contributed by atoms with Crippen LogP contribution in [0.2, 0.25) is 0 Å². The van der Waals surface area contributed by atoms with E-state index in [2.05, 4.69) is 64.6 Å². The summed E-state index contributed by atoms with van der Waals surface area (Å²) < 4.78 is 51.3. The monoisotopic (exact) mass is 897 g/mol. The number of aryl methyl sites for hydroxylation is 1. The molecule has 0 aliphatic rings. The number of fused-ring (bicyclic) bond motifs is 6. The molecule has 0 amide bonds. The Morgan fingerprint density at radius 3 is 1.35 bits per heavy atom. The molecule has 69 heavy (non-hydrogen) atoms. The number of para-hydroxylation sites is 2. The van der Waals surface area contributed by atoms with E-state index in [1.807, 2.05) is 130 Å². The average Bonchev–Trinajstić information content (AvgIpc) is 3.90. The third kappa shape index (κ3) is 7.02. The van der Waals surface area contributed by atoms with Crippen LogP contribution in [0, 0.1) is 18.3 Å². The molecule has 0 atom stereocenters. The SMILES string of the molecule is Cc1cccc(C(F)(F)F)c1-c1c(-n2c3ccccc3c3ccc(-c4ccnc(-c5ccccc5)c4)cc32)cc(C#N)cc1-n1c2ccccc2c2ccc(-c3ccnc(-c4ccccc4)c3)cc21. The van der Waals surface area contributed by atoms with Crippen LogP contribution in [0.4, 0.5) is 13.2 Å². The van der Waals surface area contributed by atoms with Crippen LogP contribution in [0.15, 0.2) is 213 Å². The maximum Gasteiger partial charge on any atom is 0.417 e. The quantitative estimate of drug-likeness (QED) is 0.160. The van der Waals surface area contributed by atoms with E-state index < -0.39 is 11.7 Å². The Balaban J connectivity index is 1.19. The lowest BCUT2D eigenvalue weighted by Crippen LogP contribution is -2.12. The molecule has 12 rings (SSSR count). The Labute approximate surface area is 395 Å². The van der Waals surface area contributed by atoms with E-state index in [1.165, 1.54) is 6.07 Å². The lowest BCUT2D eigenvalue weighted by Gasteiger charge is -2.24. The summed E-state index contributed by atoms with van der Waals surface area (Å²) in [5.41, 5.74) is 11.6. The molecule has 0 aliphatic carbocycles. The number of nitriles is 1. The molecule has 12 aromatic rings. The summed E-state index contributed by atoms with van der Waals surface area (Å²) in [6.45, 7) is 1.73. The van der Waals surface area contributed by atoms with Crippen molar-refractivity contribution in [3.05, 3.63) is 229 Å². The molecule has 0 saturated carbocycles. The van der Waals surface area contributed by atoms with E-state index in [-0.39, 0.29) is 5.56 Å². The Bertz CT molecular complexity index is 3810. The van der Waals surface area contributed by atoms with Crippen molar-refractivity contribution in [3.8, 4) is 73.3 Å². The third-order valence-electron chi connectivity index (χ3n) is 13.2. The minimum atomic E-state index is -4.72. The van der Waals surface area contributed by atoms with Crippen LogP contribution in [0.5, 0.6) is 0 Å². The number of alkyl halides is 3. The highest BCUT2D eigenvalue weighted by molar-refractivity contribution is 6.13. The van der Waals surface area contributed by atoms with Crippen molar-refractivity contribution in [2.24, 2.45) is 0 Å². The summed E-state index contributed by atoms with van der Waals surface area (Å²) in [4.78, 5) is 9.36. The van der Waals surface area contributed by atoms with Crippen molar-refractivity contribution >= 4 is 43.6 Å². The maximum absolute atomic E-state index is 15.7. The molecule has 328 valence electrons. The predicted octanol–water partition coefficient (Wildman–Crippen LogP) is 16.2. The van der Waals surface area contributed by atoms with Crippen molar-refractivity contribution in [1.29, 1.82) is 5.26 Å². The molecule has 8 aromatic carbocycles. The molecule has 0 bridgehead atoms. The zero-order valence-corrected chi connectivity index (χ0v) is 37.1. The molecule has 0 unspecified atom stereocenters. The smallest absolute Gasteiger partial charge is 0.308 e. The second-order valence-electron chi connectivity index (χ2n) is 17.3. The number of aromatic nitrogens is 4. The summed E-state index contributed by atoms with van der Waals surface area (Å²) in [6.07, 6.45) is -1.13. The van der Waals surface area contributed by atoms with Crippen LogP contribution in [0.25, 0.3) is 111 Å². The fraction of sp³-hybridized carbons (Fsp3) is 0.0328. The Kier molecular flexibility index (Phi) is 9.82. The molecule has 0 N–H and O–H groups in total. The lowest BCUT2D eigenvalue weighted by atomic mass is 9.90. The molecule has 0 saturated heterocycles. The van der Waals surface area contributed by atoms with Crippen molar-refractivity contribution in [2.75, 3.05) is 0 Å². The highest BCUT2D eigenvalue weighted by atomic mass is 19.4. The van der Waals surface area contributed by atoms with Crippen LogP contribution in [-0.4, -0.2) is 19.1 Å². The summed E-state index contributed by atoms with van der Waals surface area (Å²) in [6, 6.07) is 66.6. The van der Waals surface area contributed by atoms with Gasteiger partial charge in [-0.15, -0.1) is 0 Å². The molecule has 0 aliphatic heterocycles. The fourth-order valence-electron chi connectivity index (χ4n) is 10.1. The molecule has 0 radical (unpaired) electrons. The molecular formula is C61H38F3N5. The summed E-state index contributed by atoms with van der Waals surface area (Å²) in [5, 5.41) is 14.7. The fourth-order valence-corrected chi connectivity index (χ4v) is 10.1. The minimum absolute atomic E-state index is 0.0342. The lowest BCUT2D eigenvalue weighted by molar-refractivity contribution is -0.137. The third-order valence-corrected chi connectivity index (χ3v) is 13.2. The predicted molar refractivity (Wildman–Crippen MR) is 272 cm³/mol. The van der Waals surface area contributed by atoms with E-state index in [9.17, 15) is 5.26 Å². The number of pyridine rings is 2. The van der Waals surface area contributed by atoms with Gasteiger partial charge in [-0.25, -0.2) is 0 Å². The van der Waals surface area contributed by atoms with Crippen LogP contribution < -0.4 is 0 Å².